The van der Waals surface area contributed by atoms with Crippen LogP contribution in [0, 0.1) is 0 Å². The van der Waals surface area contributed by atoms with Gasteiger partial charge < -0.3 is 9.73 Å². The SMILES string of the molecule is CCCNCc1ccc(-c2ccc3ncsc3c2)o1. The molecule has 3 rings (SSSR count). The second-order valence-electron chi connectivity index (χ2n) is 4.48. The van der Waals surface area contributed by atoms with Crippen molar-refractivity contribution in [3.05, 3.63) is 41.6 Å². The smallest absolute Gasteiger partial charge is 0.134 e. The Bertz CT molecular complexity index is 671. The van der Waals surface area contributed by atoms with Gasteiger partial charge in [0.05, 0.1) is 22.3 Å². The molecule has 0 aliphatic heterocycles. The monoisotopic (exact) mass is 272 g/mol. The lowest BCUT2D eigenvalue weighted by Crippen LogP contribution is -2.12. The molecule has 19 heavy (non-hydrogen) atoms. The Balaban J connectivity index is 1.81. The van der Waals surface area contributed by atoms with Crippen LogP contribution in [0.15, 0.2) is 40.3 Å². The Kier molecular flexibility index (Phi) is 3.62. The van der Waals surface area contributed by atoms with Crippen molar-refractivity contribution in [2.24, 2.45) is 0 Å². The van der Waals surface area contributed by atoms with E-state index < -0.39 is 0 Å². The third-order valence-corrected chi connectivity index (χ3v) is 3.80. The van der Waals surface area contributed by atoms with E-state index in [4.69, 9.17) is 4.42 Å². The van der Waals surface area contributed by atoms with E-state index in [1.54, 1.807) is 11.3 Å². The number of rotatable bonds is 5. The summed E-state index contributed by atoms with van der Waals surface area (Å²) in [6, 6.07) is 10.3. The number of hydrogen-bond donors (Lipinski definition) is 1. The molecule has 0 saturated heterocycles. The molecule has 2 heterocycles. The Labute approximate surface area is 116 Å². The van der Waals surface area contributed by atoms with E-state index in [9.17, 15) is 0 Å². The summed E-state index contributed by atoms with van der Waals surface area (Å²) in [5.41, 5.74) is 4.03. The zero-order chi connectivity index (χ0) is 13.1. The van der Waals surface area contributed by atoms with Crippen LogP contribution in [-0.4, -0.2) is 11.5 Å². The molecule has 0 unspecified atom stereocenters. The Morgan fingerprint density at radius 1 is 1.26 bits per heavy atom. The van der Waals surface area contributed by atoms with Gasteiger partial charge in [-0.3, -0.25) is 0 Å². The molecule has 0 fully saturated rings. The van der Waals surface area contributed by atoms with E-state index >= 15 is 0 Å². The molecule has 0 spiro atoms. The second kappa shape index (κ2) is 5.55. The fourth-order valence-electron chi connectivity index (χ4n) is 2.02. The van der Waals surface area contributed by atoms with Crippen molar-refractivity contribution in [3.63, 3.8) is 0 Å². The lowest BCUT2D eigenvalue weighted by atomic mass is 10.2. The number of benzene rings is 1. The van der Waals surface area contributed by atoms with E-state index in [2.05, 4.69) is 29.4 Å². The van der Waals surface area contributed by atoms with Gasteiger partial charge in [-0.15, -0.1) is 11.3 Å². The maximum Gasteiger partial charge on any atom is 0.134 e. The fourth-order valence-corrected chi connectivity index (χ4v) is 2.74. The normalized spacial score (nSPS) is 11.2. The molecule has 0 radical (unpaired) electrons. The minimum atomic E-state index is 0.788. The topological polar surface area (TPSA) is 38.1 Å². The summed E-state index contributed by atoms with van der Waals surface area (Å²) in [6.45, 7) is 3.96. The molecule has 1 aromatic carbocycles. The molecule has 98 valence electrons. The van der Waals surface area contributed by atoms with E-state index in [0.29, 0.717) is 0 Å². The highest BCUT2D eigenvalue weighted by Crippen LogP contribution is 2.27. The predicted molar refractivity (Wildman–Crippen MR) is 79.3 cm³/mol. The molecule has 0 aliphatic carbocycles. The van der Waals surface area contributed by atoms with Crippen LogP contribution in [0.4, 0.5) is 0 Å². The minimum Gasteiger partial charge on any atom is -0.460 e. The zero-order valence-corrected chi connectivity index (χ0v) is 11.7. The van der Waals surface area contributed by atoms with Gasteiger partial charge in [-0.25, -0.2) is 4.98 Å². The predicted octanol–water partition coefficient (Wildman–Crippen LogP) is 4.06. The first-order valence-electron chi connectivity index (χ1n) is 6.50. The van der Waals surface area contributed by atoms with Gasteiger partial charge in [-0.05, 0) is 43.3 Å². The van der Waals surface area contributed by atoms with Crippen molar-refractivity contribution in [2.75, 3.05) is 6.54 Å². The number of nitrogens with zero attached hydrogens (tertiary/aromatic N) is 1. The van der Waals surface area contributed by atoms with Crippen LogP contribution in [0.25, 0.3) is 21.5 Å². The molecule has 0 bridgehead atoms. The lowest BCUT2D eigenvalue weighted by molar-refractivity contribution is 0.493. The van der Waals surface area contributed by atoms with Gasteiger partial charge in [0, 0.05) is 5.56 Å². The zero-order valence-electron chi connectivity index (χ0n) is 10.8. The van der Waals surface area contributed by atoms with Crippen molar-refractivity contribution in [3.8, 4) is 11.3 Å². The van der Waals surface area contributed by atoms with Gasteiger partial charge >= 0.3 is 0 Å². The first-order valence-corrected chi connectivity index (χ1v) is 7.38. The highest BCUT2D eigenvalue weighted by Gasteiger charge is 2.06. The highest BCUT2D eigenvalue weighted by molar-refractivity contribution is 7.16. The number of thiazole rings is 1. The first-order chi connectivity index (χ1) is 9.36. The maximum absolute atomic E-state index is 5.86. The summed E-state index contributed by atoms with van der Waals surface area (Å²) in [7, 11) is 0. The van der Waals surface area contributed by atoms with Crippen molar-refractivity contribution in [1.29, 1.82) is 0 Å². The fraction of sp³-hybridized carbons (Fsp3) is 0.267. The minimum absolute atomic E-state index is 0.788. The van der Waals surface area contributed by atoms with Crippen LogP contribution in [0.1, 0.15) is 19.1 Å². The van der Waals surface area contributed by atoms with Crippen molar-refractivity contribution >= 4 is 21.6 Å². The quantitative estimate of drug-likeness (QED) is 0.712. The van der Waals surface area contributed by atoms with Gasteiger partial charge in [0.1, 0.15) is 11.5 Å². The van der Waals surface area contributed by atoms with Gasteiger partial charge in [0.25, 0.3) is 0 Å². The number of nitrogens with one attached hydrogen (secondary N) is 1. The van der Waals surface area contributed by atoms with Gasteiger partial charge in [-0.2, -0.15) is 0 Å². The molecule has 0 atom stereocenters. The summed E-state index contributed by atoms with van der Waals surface area (Å²) >= 11 is 1.65. The molecule has 3 nitrogen and oxygen atoms in total. The highest BCUT2D eigenvalue weighted by atomic mass is 32.1. The van der Waals surface area contributed by atoms with Gasteiger partial charge in [0.2, 0.25) is 0 Å². The third kappa shape index (κ3) is 2.69. The van der Waals surface area contributed by atoms with E-state index in [-0.39, 0.29) is 0 Å². The third-order valence-electron chi connectivity index (χ3n) is 3.00. The van der Waals surface area contributed by atoms with Crippen LogP contribution < -0.4 is 5.32 Å². The van der Waals surface area contributed by atoms with Crippen LogP contribution in [-0.2, 0) is 6.54 Å². The maximum atomic E-state index is 5.86. The van der Waals surface area contributed by atoms with E-state index in [1.807, 2.05) is 23.7 Å². The van der Waals surface area contributed by atoms with Crippen molar-refractivity contribution in [1.82, 2.24) is 10.3 Å². The summed E-state index contributed by atoms with van der Waals surface area (Å²) in [4.78, 5) is 4.29. The van der Waals surface area contributed by atoms with Crippen LogP contribution in [0.3, 0.4) is 0 Å². The molecule has 3 aromatic rings. The number of aromatic nitrogens is 1. The van der Waals surface area contributed by atoms with E-state index in [0.717, 1.165) is 42.1 Å². The summed E-state index contributed by atoms with van der Waals surface area (Å²) in [5.74, 6) is 1.90. The molecule has 1 N–H and O–H groups in total. The summed E-state index contributed by atoms with van der Waals surface area (Å²) < 4.78 is 7.06. The average molecular weight is 272 g/mol. The number of hydrogen-bond acceptors (Lipinski definition) is 4. The Hall–Kier alpha value is -1.65. The largest absolute Gasteiger partial charge is 0.460 e. The van der Waals surface area contributed by atoms with Gasteiger partial charge in [0.15, 0.2) is 0 Å². The standard InChI is InChI=1S/C15H16N2OS/c1-2-7-16-9-12-4-6-14(18-12)11-3-5-13-15(8-11)19-10-17-13/h3-6,8,10,16H,2,7,9H2,1H3. The molecule has 0 aliphatic rings. The molecule has 0 amide bonds. The van der Waals surface area contributed by atoms with Crippen LogP contribution in [0.2, 0.25) is 0 Å². The van der Waals surface area contributed by atoms with Crippen LogP contribution in [0.5, 0.6) is 0 Å². The number of fused-ring (bicyclic) bond motifs is 1. The molecular weight excluding hydrogens is 256 g/mol. The van der Waals surface area contributed by atoms with Gasteiger partial charge in [-0.1, -0.05) is 6.92 Å². The summed E-state index contributed by atoms with van der Waals surface area (Å²) in [6.07, 6.45) is 1.13. The van der Waals surface area contributed by atoms with E-state index in [1.165, 1.54) is 4.70 Å². The lowest BCUT2D eigenvalue weighted by Gasteiger charge is -2.00. The second-order valence-corrected chi connectivity index (χ2v) is 5.36. The van der Waals surface area contributed by atoms with Crippen LogP contribution >= 0.6 is 11.3 Å². The van der Waals surface area contributed by atoms with Crippen molar-refractivity contribution in [2.45, 2.75) is 19.9 Å². The molecule has 0 saturated carbocycles. The van der Waals surface area contributed by atoms with Crippen molar-refractivity contribution < 1.29 is 4.42 Å². The Morgan fingerprint density at radius 2 is 2.21 bits per heavy atom. The summed E-state index contributed by atoms with van der Waals surface area (Å²) in [5, 5.41) is 3.34. The Morgan fingerprint density at radius 3 is 3.11 bits per heavy atom. The number of furan rings is 1. The first kappa shape index (κ1) is 12.4. The average Bonchev–Trinajstić information content (AvgIpc) is 3.06. The molecule has 2 aromatic heterocycles. The molecule has 4 heteroatoms. The molecular formula is C15H16N2OS.